The summed E-state index contributed by atoms with van der Waals surface area (Å²) in [6, 6.07) is 12.0. The Morgan fingerprint density at radius 1 is 1.09 bits per heavy atom. The van der Waals surface area contributed by atoms with Gasteiger partial charge in [0.15, 0.2) is 0 Å². The Hall–Kier alpha value is -4.38. The largest absolute Gasteiger partial charge is 0.373 e. The maximum atomic E-state index is 14.8. The average Bonchev–Trinajstić information content (AvgIpc) is 2.85. The van der Waals surface area contributed by atoms with Gasteiger partial charge in [0.05, 0.1) is 28.4 Å². The summed E-state index contributed by atoms with van der Waals surface area (Å²) >= 11 is 0. The van der Waals surface area contributed by atoms with Crippen LogP contribution in [0.1, 0.15) is 35.5 Å². The van der Waals surface area contributed by atoms with Crippen molar-refractivity contribution in [1.29, 1.82) is 5.26 Å². The van der Waals surface area contributed by atoms with E-state index in [0.717, 1.165) is 22.0 Å². The second-order valence-electron chi connectivity index (χ2n) is 8.50. The van der Waals surface area contributed by atoms with Crippen molar-refractivity contribution in [2.75, 3.05) is 17.7 Å². The Morgan fingerprint density at radius 3 is 2.62 bits per heavy atom. The van der Waals surface area contributed by atoms with Gasteiger partial charge in [-0.05, 0) is 62.2 Å². The first-order valence-electron chi connectivity index (χ1n) is 10.6. The molecule has 34 heavy (non-hydrogen) atoms. The Morgan fingerprint density at radius 2 is 1.88 bits per heavy atom. The van der Waals surface area contributed by atoms with Crippen LogP contribution in [0, 0.1) is 24.1 Å². The van der Waals surface area contributed by atoms with Crippen LogP contribution in [-0.2, 0) is 5.41 Å². The fourth-order valence-electron chi connectivity index (χ4n) is 3.55. The van der Waals surface area contributed by atoms with Crippen LogP contribution in [0.3, 0.4) is 0 Å². The molecule has 1 aromatic carbocycles. The summed E-state index contributed by atoms with van der Waals surface area (Å²) < 4.78 is 14.8. The molecule has 0 unspecified atom stereocenters. The molecule has 0 atom stereocenters. The van der Waals surface area contributed by atoms with Crippen LogP contribution in [-0.4, -0.2) is 27.9 Å². The molecule has 2 N–H and O–H groups in total. The number of nitrogens with zero attached hydrogens (tertiary/aromatic N) is 4. The van der Waals surface area contributed by atoms with Crippen LogP contribution >= 0.6 is 0 Å². The van der Waals surface area contributed by atoms with E-state index in [1.807, 2.05) is 12.1 Å². The number of carbonyl (C=O) groups excluding carboxylic acids is 1. The van der Waals surface area contributed by atoms with Crippen LogP contribution in [0.5, 0.6) is 0 Å². The van der Waals surface area contributed by atoms with Gasteiger partial charge in [0.1, 0.15) is 11.6 Å². The highest BCUT2D eigenvalue weighted by atomic mass is 19.1. The molecule has 0 aliphatic rings. The lowest BCUT2D eigenvalue weighted by atomic mass is 9.90. The number of nitriles is 1. The number of nitrogens with one attached hydrogen (secondary N) is 2. The fourth-order valence-corrected chi connectivity index (χ4v) is 3.55. The minimum absolute atomic E-state index is 0.0484. The summed E-state index contributed by atoms with van der Waals surface area (Å²) in [4.78, 5) is 25.9. The summed E-state index contributed by atoms with van der Waals surface area (Å²) in [5.74, 6) is -0.324. The third kappa shape index (κ3) is 4.41. The number of aromatic nitrogens is 3. The number of fused-ring (bicyclic) bond motifs is 1. The van der Waals surface area contributed by atoms with E-state index in [-0.39, 0.29) is 11.3 Å². The number of hydrogen-bond donors (Lipinski definition) is 2. The SMILES string of the molecule is CNc1cc2ncc(-c3cc(NC(=O)c4ccnc(C(C)(C)C#N)c4)c(F)cc3C)cc2cn1. The number of hydrogen-bond acceptors (Lipinski definition) is 6. The fraction of sp³-hybridized carbons (Fsp3) is 0.192. The molecule has 3 aromatic heterocycles. The molecule has 1 amide bonds. The second kappa shape index (κ2) is 8.87. The molecular formula is C26H23FN6O. The summed E-state index contributed by atoms with van der Waals surface area (Å²) in [5, 5.41) is 15.8. The first-order valence-corrected chi connectivity index (χ1v) is 10.6. The minimum Gasteiger partial charge on any atom is -0.373 e. The number of amides is 1. The first kappa shape index (κ1) is 22.8. The average molecular weight is 455 g/mol. The maximum Gasteiger partial charge on any atom is 0.255 e. The molecule has 4 rings (SSSR count). The topological polar surface area (TPSA) is 104 Å². The quantitative estimate of drug-likeness (QED) is 0.428. The van der Waals surface area contributed by atoms with Crippen LogP contribution < -0.4 is 10.6 Å². The zero-order chi connectivity index (χ0) is 24.5. The maximum absolute atomic E-state index is 14.8. The van der Waals surface area contributed by atoms with Gasteiger partial charge < -0.3 is 10.6 Å². The van der Waals surface area contributed by atoms with Crippen molar-refractivity contribution in [3.63, 3.8) is 0 Å². The van der Waals surface area contributed by atoms with Gasteiger partial charge >= 0.3 is 0 Å². The smallest absolute Gasteiger partial charge is 0.255 e. The number of carbonyl (C=O) groups is 1. The lowest BCUT2D eigenvalue weighted by Crippen LogP contribution is -2.19. The zero-order valence-electron chi connectivity index (χ0n) is 19.3. The molecule has 4 aromatic rings. The summed E-state index contributed by atoms with van der Waals surface area (Å²) in [6.45, 7) is 5.24. The van der Waals surface area contributed by atoms with E-state index in [4.69, 9.17) is 0 Å². The molecular weight excluding hydrogens is 431 g/mol. The van der Waals surface area contributed by atoms with Gasteiger partial charge in [-0.2, -0.15) is 5.26 Å². The van der Waals surface area contributed by atoms with E-state index in [0.29, 0.717) is 17.1 Å². The second-order valence-corrected chi connectivity index (χ2v) is 8.50. The van der Waals surface area contributed by atoms with E-state index in [9.17, 15) is 14.4 Å². The Bertz CT molecular complexity index is 1460. The number of aryl methyl sites for hydroxylation is 1. The van der Waals surface area contributed by atoms with Crippen molar-refractivity contribution in [1.82, 2.24) is 15.0 Å². The van der Waals surface area contributed by atoms with Crippen molar-refractivity contribution in [3.05, 3.63) is 77.6 Å². The molecule has 8 heteroatoms. The standard InChI is InChI=1S/C26H23FN6O/c1-15-7-20(27)22(33-25(34)16-5-6-30-23(9-16)26(2,3)14-28)10-19(15)17-8-18-13-32-24(29-4)11-21(18)31-12-17/h5-13H,1-4H3,(H,29,32)(H,33,34). The summed E-state index contributed by atoms with van der Waals surface area (Å²) in [6.07, 6.45) is 4.91. The normalized spacial score (nSPS) is 11.2. The van der Waals surface area contributed by atoms with Crippen LogP contribution in [0.2, 0.25) is 0 Å². The molecule has 3 heterocycles. The number of benzene rings is 1. The lowest BCUT2D eigenvalue weighted by Gasteiger charge is -2.16. The zero-order valence-corrected chi connectivity index (χ0v) is 19.3. The Kier molecular flexibility index (Phi) is 5.95. The van der Waals surface area contributed by atoms with Crippen molar-refractivity contribution < 1.29 is 9.18 Å². The molecule has 0 saturated heterocycles. The van der Waals surface area contributed by atoms with E-state index in [1.54, 1.807) is 52.3 Å². The number of anilines is 2. The third-order valence-electron chi connectivity index (χ3n) is 5.64. The molecule has 7 nitrogen and oxygen atoms in total. The monoisotopic (exact) mass is 454 g/mol. The molecule has 170 valence electrons. The molecule has 0 fully saturated rings. The first-order chi connectivity index (χ1) is 16.2. The van der Waals surface area contributed by atoms with Gasteiger partial charge in [-0.3, -0.25) is 14.8 Å². The Balaban J connectivity index is 1.68. The predicted octanol–water partition coefficient (Wildman–Crippen LogP) is 5.23. The van der Waals surface area contributed by atoms with Crippen molar-refractivity contribution in [3.8, 4) is 17.2 Å². The van der Waals surface area contributed by atoms with E-state index < -0.39 is 17.1 Å². The van der Waals surface area contributed by atoms with Crippen LogP contribution in [0.15, 0.2) is 55.0 Å². The molecule has 0 radical (unpaired) electrons. The number of pyridine rings is 3. The highest BCUT2D eigenvalue weighted by Gasteiger charge is 2.23. The Labute approximate surface area is 196 Å². The molecule has 0 saturated carbocycles. The van der Waals surface area contributed by atoms with Gasteiger partial charge in [-0.15, -0.1) is 0 Å². The third-order valence-corrected chi connectivity index (χ3v) is 5.64. The minimum atomic E-state index is -0.857. The predicted molar refractivity (Wildman–Crippen MR) is 130 cm³/mol. The van der Waals surface area contributed by atoms with Crippen LogP contribution in [0.25, 0.3) is 22.0 Å². The van der Waals surface area contributed by atoms with Crippen molar-refractivity contribution in [2.45, 2.75) is 26.2 Å². The molecule has 0 bridgehead atoms. The molecule has 0 aliphatic heterocycles. The molecule has 0 aliphatic carbocycles. The highest BCUT2D eigenvalue weighted by Crippen LogP contribution is 2.31. The molecule has 0 spiro atoms. The van der Waals surface area contributed by atoms with Crippen LogP contribution in [0.4, 0.5) is 15.9 Å². The highest BCUT2D eigenvalue weighted by molar-refractivity contribution is 6.04. The van der Waals surface area contributed by atoms with E-state index in [1.165, 1.54) is 18.3 Å². The van der Waals surface area contributed by atoms with Gasteiger partial charge in [-0.1, -0.05) is 0 Å². The van der Waals surface area contributed by atoms with Crippen molar-refractivity contribution >= 4 is 28.3 Å². The van der Waals surface area contributed by atoms with Gasteiger partial charge in [0.25, 0.3) is 5.91 Å². The number of rotatable bonds is 5. The van der Waals surface area contributed by atoms with Crippen molar-refractivity contribution in [2.24, 2.45) is 0 Å². The summed E-state index contributed by atoms with van der Waals surface area (Å²) in [7, 11) is 1.79. The number of halogens is 1. The summed E-state index contributed by atoms with van der Waals surface area (Å²) in [5.41, 5.74) is 2.95. The van der Waals surface area contributed by atoms with E-state index >= 15 is 0 Å². The van der Waals surface area contributed by atoms with E-state index in [2.05, 4.69) is 31.7 Å². The van der Waals surface area contributed by atoms with Gasteiger partial charge in [0.2, 0.25) is 0 Å². The van der Waals surface area contributed by atoms with Gasteiger partial charge in [-0.25, -0.2) is 9.37 Å². The lowest BCUT2D eigenvalue weighted by molar-refractivity contribution is 0.102. The van der Waals surface area contributed by atoms with Gasteiger partial charge in [0, 0.05) is 48.2 Å².